The number of benzene rings is 2. The molecule has 7 nitrogen and oxygen atoms in total. The molecular weight excluding hydrogens is 440 g/mol. The van der Waals surface area contributed by atoms with Gasteiger partial charge in [0.1, 0.15) is 5.75 Å². The lowest BCUT2D eigenvalue weighted by atomic mass is 9.97. The average molecular weight is 473 g/mol. The molecule has 2 aromatic rings. The van der Waals surface area contributed by atoms with Crippen LogP contribution in [-0.2, 0) is 14.8 Å². The van der Waals surface area contributed by atoms with Crippen LogP contribution in [0.5, 0.6) is 5.75 Å². The average Bonchev–Trinajstić information content (AvgIpc) is 2.83. The summed E-state index contributed by atoms with van der Waals surface area (Å²) in [5.74, 6) is 1.22. The smallest absolute Gasteiger partial charge is 0.253 e. The van der Waals surface area contributed by atoms with Crippen LogP contribution in [0.25, 0.3) is 0 Å². The Bertz CT molecular complexity index is 1020. The van der Waals surface area contributed by atoms with Crippen LogP contribution in [0.2, 0.25) is 0 Å². The maximum atomic E-state index is 13.0. The second kappa shape index (κ2) is 10.2. The Morgan fingerprint density at radius 2 is 1.58 bits per heavy atom. The Balaban J connectivity index is 1.32. The fourth-order valence-electron chi connectivity index (χ4n) is 4.46. The molecule has 178 valence electrons. The minimum atomic E-state index is -3.62. The van der Waals surface area contributed by atoms with Crippen LogP contribution in [-0.4, -0.2) is 68.5 Å². The maximum Gasteiger partial charge on any atom is 0.253 e. The van der Waals surface area contributed by atoms with Crippen molar-refractivity contribution in [3.8, 4) is 5.75 Å². The Morgan fingerprint density at radius 3 is 2.18 bits per heavy atom. The molecule has 0 bridgehead atoms. The highest BCUT2D eigenvalue weighted by molar-refractivity contribution is 7.89. The highest BCUT2D eigenvalue weighted by atomic mass is 32.2. The van der Waals surface area contributed by atoms with E-state index in [9.17, 15) is 13.2 Å². The van der Waals surface area contributed by atoms with Gasteiger partial charge in [0.25, 0.3) is 5.91 Å². The Morgan fingerprint density at radius 1 is 0.970 bits per heavy atom. The van der Waals surface area contributed by atoms with Crippen LogP contribution in [0.3, 0.4) is 0 Å². The van der Waals surface area contributed by atoms with Crippen molar-refractivity contribution in [3.05, 3.63) is 60.2 Å². The van der Waals surface area contributed by atoms with Crippen molar-refractivity contribution < 1.29 is 22.7 Å². The molecule has 0 N–H and O–H groups in total. The molecule has 2 aliphatic heterocycles. The van der Waals surface area contributed by atoms with Crippen LogP contribution < -0.4 is 4.74 Å². The molecule has 4 rings (SSSR count). The topological polar surface area (TPSA) is 76.2 Å². The van der Waals surface area contributed by atoms with Gasteiger partial charge in [0.15, 0.2) is 0 Å². The molecule has 0 radical (unpaired) electrons. The summed E-state index contributed by atoms with van der Waals surface area (Å²) in [6, 6.07) is 16.1. The van der Waals surface area contributed by atoms with E-state index in [2.05, 4.69) is 0 Å². The first-order valence-corrected chi connectivity index (χ1v) is 13.0. The number of nitrogens with zero attached hydrogens (tertiary/aromatic N) is 2. The van der Waals surface area contributed by atoms with E-state index < -0.39 is 10.0 Å². The third-order valence-electron chi connectivity index (χ3n) is 6.26. The number of hydrogen-bond donors (Lipinski definition) is 0. The van der Waals surface area contributed by atoms with Crippen molar-refractivity contribution >= 4 is 15.9 Å². The van der Waals surface area contributed by atoms with Gasteiger partial charge >= 0.3 is 0 Å². The first-order chi connectivity index (χ1) is 15.8. The molecule has 8 heteroatoms. The van der Waals surface area contributed by atoms with E-state index >= 15 is 0 Å². The molecule has 0 saturated carbocycles. The number of carbonyl (C=O) groups excluding carboxylic acids is 1. The van der Waals surface area contributed by atoms with Gasteiger partial charge in [-0.05, 0) is 69.0 Å². The summed E-state index contributed by atoms with van der Waals surface area (Å²) in [5, 5.41) is 0. The lowest BCUT2D eigenvalue weighted by molar-refractivity contribution is -0.0440. The van der Waals surface area contributed by atoms with Gasteiger partial charge in [0.05, 0.1) is 23.7 Å². The molecule has 2 atom stereocenters. The zero-order valence-corrected chi connectivity index (χ0v) is 20.0. The highest BCUT2D eigenvalue weighted by Crippen LogP contribution is 2.24. The molecule has 2 fully saturated rings. The SMILES string of the molecule is CC1CN(S(=O)(=O)c2ccc(C(=O)N3CCC(COc4ccccc4)CC3)cc2)CC(C)O1. The lowest BCUT2D eigenvalue weighted by Crippen LogP contribution is -2.48. The van der Waals surface area contributed by atoms with Crippen LogP contribution in [0, 0.1) is 5.92 Å². The van der Waals surface area contributed by atoms with E-state index in [1.54, 1.807) is 12.1 Å². The second-order valence-corrected chi connectivity index (χ2v) is 10.9. The van der Waals surface area contributed by atoms with Crippen molar-refractivity contribution in [2.24, 2.45) is 5.92 Å². The third-order valence-corrected chi connectivity index (χ3v) is 8.10. The number of hydrogen-bond acceptors (Lipinski definition) is 5. The number of sulfonamides is 1. The first-order valence-electron chi connectivity index (χ1n) is 11.6. The summed E-state index contributed by atoms with van der Waals surface area (Å²) in [7, 11) is -3.62. The molecular formula is C25H32N2O5S. The van der Waals surface area contributed by atoms with Crippen molar-refractivity contribution in [2.45, 2.75) is 43.8 Å². The van der Waals surface area contributed by atoms with E-state index in [-0.39, 0.29) is 23.0 Å². The lowest BCUT2D eigenvalue weighted by Gasteiger charge is -2.34. The van der Waals surface area contributed by atoms with Crippen LogP contribution in [0.4, 0.5) is 0 Å². The number of rotatable bonds is 6. The molecule has 0 aromatic heterocycles. The molecule has 0 aliphatic carbocycles. The molecule has 2 unspecified atom stereocenters. The zero-order chi connectivity index (χ0) is 23.4. The van der Waals surface area contributed by atoms with E-state index in [0.717, 1.165) is 18.6 Å². The number of carbonyl (C=O) groups is 1. The Labute approximate surface area is 196 Å². The Kier molecular flexibility index (Phi) is 7.36. The van der Waals surface area contributed by atoms with Crippen LogP contribution in [0.15, 0.2) is 59.5 Å². The van der Waals surface area contributed by atoms with E-state index in [4.69, 9.17) is 9.47 Å². The Hall–Kier alpha value is -2.42. The van der Waals surface area contributed by atoms with Crippen LogP contribution in [0.1, 0.15) is 37.0 Å². The molecule has 2 heterocycles. The van der Waals surface area contributed by atoms with E-state index in [0.29, 0.717) is 44.3 Å². The number of morpholine rings is 1. The molecule has 2 aliphatic rings. The van der Waals surface area contributed by atoms with Gasteiger partial charge in [-0.1, -0.05) is 18.2 Å². The van der Waals surface area contributed by atoms with Gasteiger partial charge in [0, 0.05) is 31.7 Å². The summed E-state index contributed by atoms with van der Waals surface area (Å²) in [5.41, 5.74) is 0.511. The largest absolute Gasteiger partial charge is 0.493 e. The number of likely N-dealkylation sites (tertiary alicyclic amines) is 1. The molecule has 2 saturated heterocycles. The predicted octanol–water partition coefficient (Wildman–Crippen LogP) is 3.42. The molecule has 33 heavy (non-hydrogen) atoms. The van der Waals surface area contributed by atoms with Gasteiger partial charge < -0.3 is 14.4 Å². The fraction of sp³-hybridized carbons (Fsp3) is 0.480. The van der Waals surface area contributed by atoms with Gasteiger partial charge in [-0.25, -0.2) is 8.42 Å². The minimum absolute atomic E-state index is 0.0602. The zero-order valence-electron chi connectivity index (χ0n) is 19.2. The van der Waals surface area contributed by atoms with Crippen LogP contribution >= 0.6 is 0 Å². The standard InChI is InChI=1S/C25H32N2O5S/c1-19-16-27(17-20(2)32-19)33(29,30)24-10-8-22(9-11-24)25(28)26-14-12-21(13-15-26)18-31-23-6-4-3-5-7-23/h3-11,19-21H,12-18H2,1-2H3. The number of ether oxygens (including phenoxy) is 2. The quantitative estimate of drug-likeness (QED) is 0.644. The fourth-order valence-corrected chi connectivity index (χ4v) is 6.05. The summed E-state index contributed by atoms with van der Waals surface area (Å²) in [6.07, 6.45) is 1.48. The number of para-hydroxylation sites is 1. The summed E-state index contributed by atoms with van der Waals surface area (Å²) in [4.78, 5) is 15.0. The van der Waals surface area contributed by atoms with Gasteiger partial charge in [-0.15, -0.1) is 0 Å². The van der Waals surface area contributed by atoms with Gasteiger partial charge in [-0.3, -0.25) is 4.79 Å². The third kappa shape index (κ3) is 5.75. The summed E-state index contributed by atoms with van der Waals surface area (Å²) >= 11 is 0. The van der Waals surface area contributed by atoms with Crippen molar-refractivity contribution in [1.29, 1.82) is 0 Å². The second-order valence-electron chi connectivity index (χ2n) is 8.96. The van der Waals surface area contributed by atoms with E-state index in [1.165, 1.54) is 16.4 Å². The normalized spacial score (nSPS) is 22.8. The number of piperidine rings is 1. The molecule has 0 spiro atoms. The first kappa shape index (κ1) is 23.7. The minimum Gasteiger partial charge on any atom is -0.493 e. The summed E-state index contributed by atoms with van der Waals surface area (Å²) < 4.78 is 39.0. The summed E-state index contributed by atoms with van der Waals surface area (Å²) in [6.45, 7) is 6.40. The number of amides is 1. The van der Waals surface area contributed by atoms with Gasteiger partial charge in [-0.2, -0.15) is 4.31 Å². The van der Waals surface area contributed by atoms with Gasteiger partial charge in [0.2, 0.25) is 10.0 Å². The predicted molar refractivity (Wildman–Crippen MR) is 126 cm³/mol. The molecule has 2 aromatic carbocycles. The monoisotopic (exact) mass is 472 g/mol. The maximum absolute atomic E-state index is 13.0. The van der Waals surface area contributed by atoms with E-state index in [1.807, 2.05) is 49.1 Å². The van der Waals surface area contributed by atoms with Crippen molar-refractivity contribution in [3.63, 3.8) is 0 Å². The highest BCUT2D eigenvalue weighted by Gasteiger charge is 2.32. The molecule has 1 amide bonds. The van der Waals surface area contributed by atoms with Crippen molar-refractivity contribution in [2.75, 3.05) is 32.8 Å². The van der Waals surface area contributed by atoms with Crippen molar-refractivity contribution in [1.82, 2.24) is 9.21 Å².